The van der Waals surface area contributed by atoms with Gasteiger partial charge in [-0.15, -0.1) is 0 Å². The number of esters is 1. The maximum atomic E-state index is 12.1. The first-order chi connectivity index (χ1) is 11.7. The number of rotatable bonds is 8. The summed E-state index contributed by atoms with van der Waals surface area (Å²) in [6, 6.07) is 5.48. The van der Waals surface area contributed by atoms with Crippen molar-refractivity contribution in [1.29, 1.82) is 0 Å². The van der Waals surface area contributed by atoms with Gasteiger partial charge in [0.2, 0.25) is 11.8 Å². The molecule has 0 unspecified atom stereocenters. The van der Waals surface area contributed by atoms with Crippen LogP contribution in [0, 0.1) is 5.92 Å². The number of hydrogen-bond donors (Lipinski definition) is 3. The number of hydrogen-bond acceptors (Lipinski definition) is 5. The minimum Gasteiger partial charge on any atom is -0.469 e. The predicted octanol–water partition coefficient (Wildman–Crippen LogP) is 1.16. The Morgan fingerprint density at radius 3 is 2.32 bits per heavy atom. The van der Waals surface area contributed by atoms with E-state index in [9.17, 15) is 14.4 Å². The molecule has 0 radical (unpaired) electrons. The molecule has 0 heterocycles. The number of amides is 2. The van der Waals surface area contributed by atoms with Crippen LogP contribution in [0.5, 0.6) is 0 Å². The number of carbonyl (C=O) groups is 3. The van der Waals surface area contributed by atoms with E-state index in [0.29, 0.717) is 10.6 Å². The monoisotopic (exact) mass is 369 g/mol. The second-order valence-corrected chi connectivity index (χ2v) is 6.38. The molecule has 1 aromatic carbocycles. The Kier molecular flexibility index (Phi) is 8.37. The third-order valence-corrected chi connectivity index (χ3v) is 3.90. The lowest BCUT2D eigenvalue weighted by Gasteiger charge is -2.19. The van der Waals surface area contributed by atoms with Crippen LogP contribution in [0.1, 0.15) is 31.9 Å². The molecule has 7 nitrogen and oxygen atoms in total. The molecular weight excluding hydrogens is 346 g/mol. The summed E-state index contributed by atoms with van der Waals surface area (Å²) < 4.78 is 4.66. The van der Waals surface area contributed by atoms with E-state index in [1.54, 1.807) is 24.3 Å². The molecule has 0 aliphatic carbocycles. The molecule has 2 atom stereocenters. The second kappa shape index (κ2) is 10.0. The van der Waals surface area contributed by atoms with Crippen molar-refractivity contribution in [3.63, 3.8) is 0 Å². The van der Waals surface area contributed by atoms with Crippen molar-refractivity contribution in [3.05, 3.63) is 34.9 Å². The van der Waals surface area contributed by atoms with Crippen LogP contribution in [0.3, 0.4) is 0 Å². The van der Waals surface area contributed by atoms with Gasteiger partial charge in [0.15, 0.2) is 0 Å². The first-order valence-corrected chi connectivity index (χ1v) is 8.27. The van der Waals surface area contributed by atoms with Crippen LogP contribution >= 0.6 is 11.6 Å². The zero-order valence-corrected chi connectivity index (χ0v) is 15.3. The molecule has 0 saturated carbocycles. The summed E-state index contributed by atoms with van der Waals surface area (Å²) in [7, 11) is 1.27. The Hall–Kier alpha value is -2.12. The average Bonchev–Trinajstić information content (AvgIpc) is 2.58. The second-order valence-electron chi connectivity index (χ2n) is 5.94. The van der Waals surface area contributed by atoms with Crippen LogP contribution in [0.2, 0.25) is 5.02 Å². The van der Waals surface area contributed by atoms with Gasteiger partial charge in [0, 0.05) is 5.02 Å². The molecule has 1 aromatic rings. The normalized spacial score (nSPS) is 13.0. The predicted molar refractivity (Wildman–Crippen MR) is 94.8 cm³/mol. The zero-order chi connectivity index (χ0) is 19.0. The number of benzene rings is 1. The molecule has 0 bridgehead atoms. The quantitative estimate of drug-likeness (QED) is 0.595. The van der Waals surface area contributed by atoms with E-state index in [2.05, 4.69) is 15.4 Å². The molecule has 0 fully saturated rings. The van der Waals surface area contributed by atoms with Gasteiger partial charge >= 0.3 is 5.97 Å². The van der Waals surface area contributed by atoms with Crippen molar-refractivity contribution in [2.24, 2.45) is 11.7 Å². The van der Waals surface area contributed by atoms with Gasteiger partial charge in [-0.1, -0.05) is 37.6 Å². The van der Waals surface area contributed by atoms with Gasteiger partial charge in [-0.05, 0) is 23.6 Å². The lowest BCUT2D eigenvalue weighted by molar-refractivity contribution is -0.141. The van der Waals surface area contributed by atoms with E-state index in [-0.39, 0.29) is 18.9 Å². The number of carbonyl (C=O) groups excluding carboxylic acids is 3. The maximum Gasteiger partial charge on any atom is 0.307 e. The number of halogens is 1. The molecule has 0 aliphatic heterocycles. The Morgan fingerprint density at radius 2 is 1.80 bits per heavy atom. The van der Waals surface area contributed by atoms with Gasteiger partial charge < -0.3 is 21.1 Å². The van der Waals surface area contributed by atoms with Gasteiger partial charge in [-0.3, -0.25) is 14.4 Å². The molecule has 4 N–H and O–H groups in total. The number of ether oxygens (including phenoxy) is 1. The molecule has 25 heavy (non-hydrogen) atoms. The Labute approximate surface area is 152 Å². The molecule has 1 rings (SSSR count). The van der Waals surface area contributed by atoms with Gasteiger partial charge in [0.05, 0.1) is 32.2 Å². The van der Waals surface area contributed by atoms with Crippen molar-refractivity contribution in [1.82, 2.24) is 10.6 Å². The van der Waals surface area contributed by atoms with Crippen LogP contribution in [0.25, 0.3) is 0 Å². The van der Waals surface area contributed by atoms with Crippen LogP contribution in [-0.4, -0.2) is 37.5 Å². The molecule has 8 heteroatoms. The molecule has 0 saturated heterocycles. The molecule has 2 amide bonds. The Balaban J connectivity index is 2.70. The minimum atomic E-state index is -0.685. The third-order valence-electron chi connectivity index (χ3n) is 3.65. The van der Waals surface area contributed by atoms with Crippen molar-refractivity contribution < 1.29 is 19.1 Å². The highest BCUT2D eigenvalue weighted by Gasteiger charge is 2.21. The van der Waals surface area contributed by atoms with Crippen LogP contribution in [0.4, 0.5) is 0 Å². The van der Waals surface area contributed by atoms with E-state index in [1.165, 1.54) is 7.11 Å². The van der Waals surface area contributed by atoms with Gasteiger partial charge in [0.1, 0.15) is 0 Å². The Morgan fingerprint density at radius 1 is 1.20 bits per heavy atom. The third kappa shape index (κ3) is 7.11. The smallest absolute Gasteiger partial charge is 0.307 e. The summed E-state index contributed by atoms with van der Waals surface area (Å²) in [5.74, 6) is -1.34. The summed E-state index contributed by atoms with van der Waals surface area (Å²) in [6.07, 6.45) is -0.0384. The summed E-state index contributed by atoms with van der Waals surface area (Å²) in [5.41, 5.74) is 6.42. The maximum absolute atomic E-state index is 12.1. The highest BCUT2D eigenvalue weighted by molar-refractivity contribution is 6.30. The van der Waals surface area contributed by atoms with E-state index < -0.39 is 29.9 Å². The number of nitrogens with one attached hydrogen (secondary N) is 2. The van der Waals surface area contributed by atoms with E-state index in [4.69, 9.17) is 17.3 Å². The SMILES string of the molecule is COC(=O)C[C@H](NC(=O)CNC(=O)[C@@H](N)C(C)C)c1ccc(Cl)cc1. The number of methoxy groups -OCH3 is 1. The molecule has 0 aromatic heterocycles. The van der Waals surface area contributed by atoms with Crippen molar-refractivity contribution >= 4 is 29.4 Å². The standard InChI is InChI=1S/C17H24ClN3O4/c1-10(2)16(19)17(24)20-9-14(22)21-13(8-15(23)25-3)11-4-6-12(18)7-5-11/h4-7,10,13,16H,8-9,19H2,1-3H3,(H,20,24)(H,21,22)/t13-,16-/m0/s1. The highest BCUT2D eigenvalue weighted by Crippen LogP contribution is 2.19. The fourth-order valence-electron chi connectivity index (χ4n) is 2.03. The lowest BCUT2D eigenvalue weighted by atomic mass is 10.0. The topological polar surface area (TPSA) is 111 Å². The zero-order valence-electron chi connectivity index (χ0n) is 14.5. The lowest BCUT2D eigenvalue weighted by Crippen LogP contribution is -2.47. The summed E-state index contributed by atoms with van der Waals surface area (Å²) in [5, 5.41) is 5.73. The van der Waals surface area contributed by atoms with Crippen molar-refractivity contribution in [3.8, 4) is 0 Å². The van der Waals surface area contributed by atoms with Gasteiger partial charge in [-0.2, -0.15) is 0 Å². The van der Waals surface area contributed by atoms with Crippen LogP contribution in [0.15, 0.2) is 24.3 Å². The first-order valence-electron chi connectivity index (χ1n) is 7.89. The largest absolute Gasteiger partial charge is 0.469 e. The van der Waals surface area contributed by atoms with Crippen molar-refractivity contribution in [2.75, 3.05) is 13.7 Å². The molecule has 0 spiro atoms. The van der Waals surface area contributed by atoms with Gasteiger partial charge in [-0.25, -0.2) is 0 Å². The van der Waals surface area contributed by atoms with E-state index >= 15 is 0 Å². The highest BCUT2D eigenvalue weighted by atomic mass is 35.5. The number of nitrogens with two attached hydrogens (primary N) is 1. The fourth-order valence-corrected chi connectivity index (χ4v) is 2.16. The summed E-state index contributed by atoms with van der Waals surface area (Å²) in [4.78, 5) is 35.5. The van der Waals surface area contributed by atoms with Crippen molar-refractivity contribution in [2.45, 2.75) is 32.4 Å². The van der Waals surface area contributed by atoms with Gasteiger partial charge in [0.25, 0.3) is 0 Å². The average molecular weight is 370 g/mol. The summed E-state index contributed by atoms with van der Waals surface area (Å²) >= 11 is 5.86. The summed E-state index contributed by atoms with van der Waals surface area (Å²) in [6.45, 7) is 3.40. The van der Waals surface area contributed by atoms with Crippen LogP contribution in [-0.2, 0) is 19.1 Å². The minimum absolute atomic E-state index is 0.0378. The Bertz CT molecular complexity index is 604. The molecular formula is C17H24ClN3O4. The molecule has 138 valence electrons. The molecule has 0 aliphatic rings. The first kappa shape index (κ1) is 20.9. The van der Waals surface area contributed by atoms with Crippen LogP contribution < -0.4 is 16.4 Å². The van der Waals surface area contributed by atoms with E-state index in [1.807, 2.05) is 13.8 Å². The van der Waals surface area contributed by atoms with E-state index in [0.717, 1.165) is 0 Å². The fraction of sp³-hybridized carbons (Fsp3) is 0.471.